The molecule has 168 valence electrons. The average molecular weight is 474 g/mol. The van der Waals surface area contributed by atoms with Crippen molar-refractivity contribution in [2.45, 2.75) is 42.9 Å². The summed E-state index contributed by atoms with van der Waals surface area (Å²) in [5, 5.41) is 2.79. The van der Waals surface area contributed by atoms with Crippen molar-refractivity contribution in [3.8, 4) is 0 Å². The summed E-state index contributed by atoms with van der Waals surface area (Å²) in [6.07, 6.45) is 2.37. The number of rotatable bonds is 10. The molecule has 0 radical (unpaired) electrons. The Bertz CT molecular complexity index is 1090. The highest BCUT2D eigenvalue weighted by atomic mass is 32.2. The van der Waals surface area contributed by atoms with Crippen LogP contribution in [0.1, 0.15) is 32.3 Å². The molecule has 2 aromatic heterocycles. The van der Waals surface area contributed by atoms with Gasteiger partial charge in [0.15, 0.2) is 4.34 Å². The summed E-state index contributed by atoms with van der Waals surface area (Å²) in [7, 11) is 0. The van der Waals surface area contributed by atoms with E-state index in [0.717, 1.165) is 25.9 Å². The van der Waals surface area contributed by atoms with E-state index in [9.17, 15) is 14.4 Å². The van der Waals surface area contributed by atoms with Crippen LogP contribution in [0.2, 0.25) is 0 Å². The molecule has 0 aliphatic carbocycles. The van der Waals surface area contributed by atoms with Crippen LogP contribution in [0.5, 0.6) is 0 Å². The molecule has 8 nitrogen and oxygen atoms in total. The number of ether oxygens (including phenoxy) is 2. The summed E-state index contributed by atoms with van der Waals surface area (Å²) >= 11 is 3.17. The number of carbonyl (C=O) groups is 3. The Labute approximate surface area is 193 Å². The molecule has 1 unspecified atom stereocenters. The summed E-state index contributed by atoms with van der Waals surface area (Å²) in [5.74, 6) is -0.672. The molecule has 0 fully saturated rings. The van der Waals surface area contributed by atoms with E-state index in [1.165, 1.54) is 6.92 Å². The number of nitrogens with zero attached hydrogens (tertiary/aromatic N) is 2. The lowest BCUT2D eigenvalue weighted by Crippen LogP contribution is -2.27. The third-order valence-corrected chi connectivity index (χ3v) is 6.42. The van der Waals surface area contributed by atoms with Crippen molar-refractivity contribution < 1.29 is 23.9 Å². The molecular formula is C22H23N3O5S2. The molecule has 10 heteroatoms. The Morgan fingerprint density at radius 1 is 1.22 bits per heavy atom. The van der Waals surface area contributed by atoms with Crippen molar-refractivity contribution >= 4 is 56.8 Å². The van der Waals surface area contributed by atoms with E-state index in [1.54, 1.807) is 42.3 Å². The first-order valence-electron chi connectivity index (χ1n) is 9.98. The highest BCUT2D eigenvalue weighted by molar-refractivity contribution is 8.00. The molecule has 0 saturated heterocycles. The smallest absolute Gasteiger partial charge is 0.309 e. The van der Waals surface area contributed by atoms with Gasteiger partial charge < -0.3 is 14.8 Å². The molecular weight excluding hydrogens is 450 g/mol. The fourth-order valence-corrected chi connectivity index (χ4v) is 4.93. The molecule has 1 N–H and O–H groups in total. The van der Waals surface area contributed by atoms with Gasteiger partial charge in [0.05, 0.1) is 29.7 Å². The van der Waals surface area contributed by atoms with Gasteiger partial charge in [-0.15, -0.1) is 11.3 Å². The highest BCUT2D eigenvalue weighted by Crippen LogP contribution is 2.32. The first-order valence-corrected chi connectivity index (χ1v) is 11.8. The molecule has 3 aromatic rings. The Kier molecular flexibility index (Phi) is 8.57. The number of amides is 1. The number of hydrogen-bond donors (Lipinski definition) is 1. The fourth-order valence-electron chi connectivity index (χ4n) is 2.89. The van der Waals surface area contributed by atoms with Gasteiger partial charge in [0.1, 0.15) is 6.10 Å². The molecule has 0 spiro atoms. The van der Waals surface area contributed by atoms with Gasteiger partial charge in [-0.2, -0.15) is 0 Å². The normalized spacial score (nSPS) is 11.7. The number of carbonyl (C=O) groups excluding carboxylic acids is 3. The lowest BCUT2D eigenvalue weighted by Gasteiger charge is -2.16. The topological polar surface area (TPSA) is 107 Å². The van der Waals surface area contributed by atoms with Crippen molar-refractivity contribution in [3.05, 3.63) is 48.3 Å². The van der Waals surface area contributed by atoms with Crippen LogP contribution in [-0.4, -0.2) is 40.5 Å². The maximum absolute atomic E-state index is 12.5. The van der Waals surface area contributed by atoms with Crippen LogP contribution in [0.3, 0.4) is 0 Å². The lowest BCUT2D eigenvalue weighted by molar-refractivity contribution is -0.153. The summed E-state index contributed by atoms with van der Waals surface area (Å²) in [6.45, 7) is 3.14. The van der Waals surface area contributed by atoms with Crippen LogP contribution in [0.15, 0.2) is 47.1 Å². The minimum atomic E-state index is -0.880. The number of nitrogens with one attached hydrogen (secondary N) is 1. The third kappa shape index (κ3) is 7.31. The number of thioether (sulfide) groups is 1. The second kappa shape index (κ2) is 11.6. The van der Waals surface area contributed by atoms with Crippen LogP contribution in [0.4, 0.5) is 5.69 Å². The molecule has 0 saturated carbocycles. The number of anilines is 1. The highest BCUT2D eigenvalue weighted by Gasteiger charge is 2.21. The maximum atomic E-state index is 12.5. The van der Waals surface area contributed by atoms with E-state index in [0.29, 0.717) is 5.69 Å². The van der Waals surface area contributed by atoms with Gasteiger partial charge >= 0.3 is 11.9 Å². The monoisotopic (exact) mass is 473 g/mol. The third-order valence-electron chi connectivity index (χ3n) is 4.18. The number of aromatic nitrogens is 2. The van der Waals surface area contributed by atoms with E-state index >= 15 is 0 Å². The molecule has 0 bridgehead atoms. The SMILES string of the molecule is CCOC(=O)CC(CC(=O)Nc1ccc2nc(SCc3cccnc3)sc2c1)OC(C)=O. The number of thiazole rings is 1. The van der Waals surface area contributed by atoms with Crippen molar-refractivity contribution in [2.24, 2.45) is 0 Å². The van der Waals surface area contributed by atoms with E-state index in [1.807, 2.05) is 30.5 Å². The molecule has 0 aliphatic rings. The van der Waals surface area contributed by atoms with E-state index < -0.39 is 18.0 Å². The van der Waals surface area contributed by atoms with Gasteiger partial charge in [-0.3, -0.25) is 19.4 Å². The number of hydrogen-bond acceptors (Lipinski definition) is 9. The lowest BCUT2D eigenvalue weighted by atomic mass is 10.1. The molecule has 2 heterocycles. The van der Waals surface area contributed by atoms with Crippen LogP contribution in [-0.2, 0) is 29.6 Å². The number of fused-ring (bicyclic) bond motifs is 1. The standard InChI is InChI=1S/C22H23N3O5S2/c1-3-29-21(28)11-17(30-14(2)26)10-20(27)24-16-6-7-18-19(9-16)32-22(25-18)31-13-15-5-4-8-23-12-15/h4-9,12,17H,3,10-11,13H2,1-2H3,(H,24,27). The number of benzene rings is 1. The van der Waals surface area contributed by atoms with E-state index in [4.69, 9.17) is 9.47 Å². The zero-order valence-electron chi connectivity index (χ0n) is 17.7. The fraction of sp³-hybridized carbons (Fsp3) is 0.318. The summed E-state index contributed by atoms with van der Waals surface area (Å²) in [6, 6.07) is 9.39. The molecule has 1 aromatic carbocycles. The van der Waals surface area contributed by atoms with Crippen LogP contribution < -0.4 is 5.32 Å². The van der Waals surface area contributed by atoms with Crippen molar-refractivity contribution in [3.63, 3.8) is 0 Å². The summed E-state index contributed by atoms with van der Waals surface area (Å²) in [5.41, 5.74) is 2.57. The molecule has 1 amide bonds. The van der Waals surface area contributed by atoms with Gasteiger partial charge in [0.25, 0.3) is 0 Å². The van der Waals surface area contributed by atoms with Crippen molar-refractivity contribution in [1.29, 1.82) is 0 Å². The molecule has 3 rings (SSSR count). The van der Waals surface area contributed by atoms with Crippen molar-refractivity contribution in [1.82, 2.24) is 9.97 Å². The predicted octanol–water partition coefficient (Wildman–Crippen LogP) is 4.20. The van der Waals surface area contributed by atoms with E-state index in [-0.39, 0.29) is 25.4 Å². The molecule has 32 heavy (non-hydrogen) atoms. The summed E-state index contributed by atoms with van der Waals surface area (Å²) in [4.78, 5) is 44.2. The number of esters is 2. The van der Waals surface area contributed by atoms with Crippen LogP contribution in [0, 0.1) is 0 Å². The Morgan fingerprint density at radius 3 is 2.78 bits per heavy atom. The van der Waals surface area contributed by atoms with Gasteiger partial charge in [0.2, 0.25) is 5.91 Å². The zero-order chi connectivity index (χ0) is 22.9. The quantitative estimate of drug-likeness (QED) is 0.345. The van der Waals surface area contributed by atoms with Crippen LogP contribution >= 0.6 is 23.1 Å². The first-order chi connectivity index (χ1) is 15.4. The minimum Gasteiger partial charge on any atom is -0.466 e. The van der Waals surface area contributed by atoms with Crippen LogP contribution in [0.25, 0.3) is 10.2 Å². The molecule has 1 atom stereocenters. The van der Waals surface area contributed by atoms with Gasteiger partial charge in [-0.1, -0.05) is 17.8 Å². The second-order valence-electron chi connectivity index (χ2n) is 6.81. The zero-order valence-corrected chi connectivity index (χ0v) is 19.3. The van der Waals surface area contributed by atoms with Gasteiger partial charge in [0, 0.05) is 30.8 Å². The number of pyridine rings is 1. The first kappa shape index (κ1) is 23.7. The predicted molar refractivity (Wildman–Crippen MR) is 123 cm³/mol. The van der Waals surface area contributed by atoms with Crippen molar-refractivity contribution in [2.75, 3.05) is 11.9 Å². The summed E-state index contributed by atoms with van der Waals surface area (Å²) < 4.78 is 11.8. The van der Waals surface area contributed by atoms with E-state index in [2.05, 4.69) is 15.3 Å². The second-order valence-corrected chi connectivity index (χ2v) is 9.06. The Morgan fingerprint density at radius 2 is 2.06 bits per heavy atom. The maximum Gasteiger partial charge on any atom is 0.309 e. The Hall–Kier alpha value is -2.98. The van der Waals surface area contributed by atoms with Gasteiger partial charge in [-0.25, -0.2) is 4.98 Å². The largest absolute Gasteiger partial charge is 0.466 e. The average Bonchev–Trinajstić information content (AvgIpc) is 3.14. The molecule has 0 aliphatic heterocycles. The van der Waals surface area contributed by atoms with Gasteiger partial charge in [-0.05, 0) is 36.8 Å². The Balaban J connectivity index is 1.60. The minimum absolute atomic E-state index is 0.147.